The van der Waals surface area contributed by atoms with E-state index >= 15 is 0 Å². The second kappa shape index (κ2) is 7.07. The summed E-state index contributed by atoms with van der Waals surface area (Å²) in [6, 6.07) is 11.2. The molecule has 0 aliphatic heterocycles. The molecule has 0 aliphatic rings. The first kappa shape index (κ1) is 17.2. The Bertz CT molecular complexity index is 1000. The molecule has 0 aliphatic carbocycles. The Hall–Kier alpha value is -3.66. The zero-order valence-electron chi connectivity index (χ0n) is 14.2. The number of pyridine rings is 1. The maximum absolute atomic E-state index is 11.0. The van der Waals surface area contributed by atoms with Crippen LogP contribution >= 0.6 is 0 Å². The van der Waals surface area contributed by atoms with Gasteiger partial charge in [-0.15, -0.1) is 0 Å². The van der Waals surface area contributed by atoms with Gasteiger partial charge in [0, 0.05) is 29.6 Å². The lowest BCUT2D eigenvalue weighted by Gasteiger charge is -2.15. The van der Waals surface area contributed by atoms with E-state index in [0.29, 0.717) is 22.7 Å². The van der Waals surface area contributed by atoms with E-state index in [0.717, 1.165) is 5.56 Å². The van der Waals surface area contributed by atoms with Gasteiger partial charge in [0.1, 0.15) is 5.75 Å². The fourth-order valence-electron chi connectivity index (χ4n) is 2.48. The summed E-state index contributed by atoms with van der Waals surface area (Å²) in [5.41, 5.74) is 1.84. The zero-order chi connectivity index (χ0) is 18.7. The molecule has 0 saturated carbocycles. The first-order chi connectivity index (χ1) is 12.5. The number of nitriles is 1. The number of carboxylic acid groups (broad SMARTS) is 1. The van der Waals surface area contributed by atoms with E-state index in [1.807, 2.05) is 38.1 Å². The van der Waals surface area contributed by atoms with Crippen molar-refractivity contribution in [1.29, 1.82) is 5.26 Å². The van der Waals surface area contributed by atoms with Gasteiger partial charge in [0.2, 0.25) is 0 Å². The molecule has 7 heteroatoms. The summed E-state index contributed by atoms with van der Waals surface area (Å²) < 4.78 is 7.15. The van der Waals surface area contributed by atoms with Crippen LogP contribution in [0.2, 0.25) is 0 Å². The second-order valence-corrected chi connectivity index (χ2v) is 5.84. The lowest BCUT2D eigenvalue weighted by molar-refractivity contribution is 0.0697. The van der Waals surface area contributed by atoms with Gasteiger partial charge >= 0.3 is 5.97 Å². The van der Waals surface area contributed by atoms with Crippen molar-refractivity contribution in [2.45, 2.75) is 20.0 Å². The standard InChI is InChI=1S/C19H16N4O3/c1-12(2)26-17-6-4-3-5-15(17)16-10-21-18(7-13(16)8-20)23-11-14(9-22-23)19(24)25/h3-7,9-12H,1-2H3,(H,24,25). The molecule has 3 rings (SSSR count). The average Bonchev–Trinajstić information content (AvgIpc) is 3.12. The number of nitrogens with zero attached hydrogens (tertiary/aromatic N) is 4. The normalized spacial score (nSPS) is 10.5. The van der Waals surface area contributed by atoms with Crippen molar-refractivity contribution in [2.75, 3.05) is 0 Å². The molecule has 0 amide bonds. The largest absolute Gasteiger partial charge is 0.490 e. The van der Waals surface area contributed by atoms with Crippen molar-refractivity contribution in [3.8, 4) is 28.8 Å². The van der Waals surface area contributed by atoms with Crippen molar-refractivity contribution in [3.63, 3.8) is 0 Å². The molecule has 0 fully saturated rings. The van der Waals surface area contributed by atoms with E-state index in [1.165, 1.54) is 17.1 Å². The number of aromatic carboxylic acids is 1. The van der Waals surface area contributed by atoms with E-state index in [-0.39, 0.29) is 11.7 Å². The van der Waals surface area contributed by atoms with E-state index in [1.54, 1.807) is 12.3 Å². The van der Waals surface area contributed by atoms with Crippen LogP contribution in [0.25, 0.3) is 16.9 Å². The van der Waals surface area contributed by atoms with Crippen LogP contribution < -0.4 is 4.74 Å². The van der Waals surface area contributed by atoms with Gasteiger partial charge in [-0.1, -0.05) is 18.2 Å². The average molecular weight is 348 g/mol. The molecule has 1 aromatic carbocycles. The van der Waals surface area contributed by atoms with Crippen LogP contribution in [0.15, 0.2) is 48.9 Å². The van der Waals surface area contributed by atoms with E-state index < -0.39 is 5.97 Å². The summed E-state index contributed by atoms with van der Waals surface area (Å²) in [5, 5.41) is 22.6. The second-order valence-electron chi connectivity index (χ2n) is 5.84. The lowest BCUT2D eigenvalue weighted by Crippen LogP contribution is -2.07. The maximum atomic E-state index is 11.0. The minimum Gasteiger partial charge on any atom is -0.490 e. The molecule has 2 heterocycles. The van der Waals surface area contributed by atoms with Crippen molar-refractivity contribution in [3.05, 3.63) is 60.0 Å². The van der Waals surface area contributed by atoms with Crippen LogP contribution in [-0.2, 0) is 0 Å². The topological polar surface area (TPSA) is 101 Å². The molecule has 2 aromatic heterocycles. The Kier molecular flexibility index (Phi) is 4.67. The van der Waals surface area contributed by atoms with Crippen molar-refractivity contribution >= 4 is 5.97 Å². The third-order valence-electron chi connectivity index (χ3n) is 3.61. The SMILES string of the molecule is CC(C)Oc1ccccc1-c1cnc(-n2cc(C(=O)O)cn2)cc1C#N. The number of carbonyl (C=O) groups is 1. The fourth-order valence-corrected chi connectivity index (χ4v) is 2.48. The van der Waals surface area contributed by atoms with Gasteiger partial charge in [-0.25, -0.2) is 14.5 Å². The quantitative estimate of drug-likeness (QED) is 0.759. The van der Waals surface area contributed by atoms with Gasteiger partial charge in [0.05, 0.1) is 29.5 Å². The number of benzene rings is 1. The number of para-hydroxylation sites is 1. The molecule has 1 N–H and O–H groups in total. The molecule has 130 valence electrons. The molecule has 7 nitrogen and oxygen atoms in total. The van der Waals surface area contributed by atoms with Gasteiger partial charge in [-0.05, 0) is 19.9 Å². The van der Waals surface area contributed by atoms with Crippen LogP contribution in [0.4, 0.5) is 0 Å². The number of carboxylic acids is 1. The van der Waals surface area contributed by atoms with Gasteiger partial charge in [-0.2, -0.15) is 10.4 Å². The third kappa shape index (κ3) is 3.39. The number of hydrogen-bond donors (Lipinski definition) is 1. The molecule has 26 heavy (non-hydrogen) atoms. The molecule has 0 saturated heterocycles. The lowest BCUT2D eigenvalue weighted by atomic mass is 10.0. The Morgan fingerprint density at radius 1 is 1.27 bits per heavy atom. The van der Waals surface area contributed by atoms with Crippen LogP contribution in [0.3, 0.4) is 0 Å². The molecule has 0 bridgehead atoms. The summed E-state index contributed by atoms with van der Waals surface area (Å²) in [6.07, 6.45) is 4.14. The smallest absolute Gasteiger partial charge is 0.338 e. The number of rotatable bonds is 5. The van der Waals surface area contributed by atoms with Crippen molar-refractivity contribution in [1.82, 2.24) is 14.8 Å². The van der Waals surface area contributed by atoms with Crippen LogP contribution in [0.1, 0.15) is 29.8 Å². The summed E-state index contributed by atoms with van der Waals surface area (Å²) >= 11 is 0. The molecular formula is C19H16N4O3. The minimum absolute atomic E-state index is 0.00701. The van der Waals surface area contributed by atoms with Gasteiger partial charge in [0.25, 0.3) is 0 Å². The molecule has 0 atom stereocenters. The summed E-state index contributed by atoms with van der Waals surface area (Å²) in [7, 11) is 0. The fraction of sp³-hybridized carbons (Fsp3) is 0.158. The van der Waals surface area contributed by atoms with E-state index in [4.69, 9.17) is 9.84 Å². The Balaban J connectivity index is 2.06. The first-order valence-corrected chi connectivity index (χ1v) is 7.94. The summed E-state index contributed by atoms with van der Waals surface area (Å²) in [6.45, 7) is 3.86. The van der Waals surface area contributed by atoms with E-state index in [9.17, 15) is 10.1 Å². The highest BCUT2D eigenvalue weighted by molar-refractivity contribution is 5.87. The van der Waals surface area contributed by atoms with Crippen LogP contribution in [0, 0.1) is 11.3 Å². The molecule has 0 radical (unpaired) electrons. The number of ether oxygens (including phenoxy) is 1. The van der Waals surface area contributed by atoms with Gasteiger partial charge in [0.15, 0.2) is 5.82 Å². The number of hydrogen-bond acceptors (Lipinski definition) is 5. The Labute approximate surface area is 150 Å². The summed E-state index contributed by atoms with van der Waals surface area (Å²) in [5.74, 6) is -0.0472. The highest BCUT2D eigenvalue weighted by Gasteiger charge is 2.15. The molecular weight excluding hydrogens is 332 g/mol. The van der Waals surface area contributed by atoms with Gasteiger partial charge < -0.3 is 9.84 Å². The monoisotopic (exact) mass is 348 g/mol. The third-order valence-corrected chi connectivity index (χ3v) is 3.61. The first-order valence-electron chi connectivity index (χ1n) is 7.94. The predicted octanol–water partition coefficient (Wildman–Crippen LogP) is 3.29. The molecule has 0 spiro atoms. The van der Waals surface area contributed by atoms with Crippen molar-refractivity contribution < 1.29 is 14.6 Å². The van der Waals surface area contributed by atoms with Gasteiger partial charge in [-0.3, -0.25) is 0 Å². The van der Waals surface area contributed by atoms with Crippen molar-refractivity contribution in [2.24, 2.45) is 0 Å². The maximum Gasteiger partial charge on any atom is 0.338 e. The molecule has 0 unspecified atom stereocenters. The Morgan fingerprint density at radius 3 is 2.69 bits per heavy atom. The summed E-state index contributed by atoms with van der Waals surface area (Å²) in [4.78, 5) is 15.3. The van der Waals surface area contributed by atoms with E-state index in [2.05, 4.69) is 16.2 Å². The van der Waals surface area contributed by atoms with Crippen LogP contribution in [0.5, 0.6) is 5.75 Å². The highest BCUT2D eigenvalue weighted by Crippen LogP contribution is 2.32. The highest BCUT2D eigenvalue weighted by atomic mass is 16.5. The number of aromatic nitrogens is 3. The van der Waals surface area contributed by atoms with Crippen LogP contribution in [-0.4, -0.2) is 31.9 Å². The molecule has 3 aromatic rings. The Morgan fingerprint density at radius 2 is 2.04 bits per heavy atom. The predicted molar refractivity (Wildman–Crippen MR) is 94.2 cm³/mol. The zero-order valence-corrected chi connectivity index (χ0v) is 14.2. The minimum atomic E-state index is -1.08.